The molecule has 0 spiro atoms. The van der Waals surface area contributed by atoms with Crippen molar-refractivity contribution in [3.05, 3.63) is 47.0 Å². The summed E-state index contributed by atoms with van der Waals surface area (Å²) in [4.78, 5) is 2.28. The predicted molar refractivity (Wildman–Crippen MR) is 77.1 cm³/mol. The van der Waals surface area contributed by atoms with Crippen molar-refractivity contribution in [3.8, 4) is 0 Å². The smallest absolute Gasteiger partial charge is 0.146 e. The summed E-state index contributed by atoms with van der Waals surface area (Å²) in [5.41, 5.74) is 1.29. The number of nitrogens with zero attached hydrogens (tertiary/aromatic N) is 4. The van der Waals surface area contributed by atoms with Crippen molar-refractivity contribution in [2.45, 2.75) is 25.9 Å². The number of likely N-dealkylation sites (N-methyl/N-ethyl adjacent to an activating group) is 1. The van der Waals surface area contributed by atoms with Crippen molar-refractivity contribution in [3.63, 3.8) is 0 Å². The Morgan fingerprint density at radius 2 is 2.00 bits per heavy atom. The first-order chi connectivity index (χ1) is 9.06. The second-order valence-electron chi connectivity index (χ2n) is 4.95. The van der Waals surface area contributed by atoms with Crippen LogP contribution in [0.1, 0.15) is 18.3 Å². The third-order valence-corrected chi connectivity index (χ3v) is 3.64. The lowest BCUT2D eigenvalue weighted by Crippen LogP contribution is -2.31. The van der Waals surface area contributed by atoms with E-state index in [9.17, 15) is 0 Å². The first kappa shape index (κ1) is 14.0. The molecule has 102 valence electrons. The van der Waals surface area contributed by atoms with E-state index in [2.05, 4.69) is 41.2 Å². The lowest BCUT2D eigenvalue weighted by Gasteiger charge is -2.24. The van der Waals surface area contributed by atoms with Crippen LogP contribution in [0.4, 0.5) is 0 Å². The molecular weight excluding hydrogens is 260 g/mol. The fourth-order valence-electron chi connectivity index (χ4n) is 1.95. The molecule has 0 radical (unpaired) electrons. The zero-order chi connectivity index (χ0) is 13.8. The van der Waals surface area contributed by atoms with Gasteiger partial charge in [0, 0.05) is 18.1 Å². The molecule has 4 nitrogen and oxygen atoms in total. The van der Waals surface area contributed by atoms with Gasteiger partial charge in [-0.3, -0.25) is 4.90 Å². The van der Waals surface area contributed by atoms with Gasteiger partial charge in [-0.2, -0.15) is 0 Å². The first-order valence-corrected chi connectivity index (χ1v) is 6.71. The molecule has 0 saturated carbocycles. The molecule has 19 heavy (non-hydrogen) atoms. The van der Waals surface area contributed by atoms with Crippen molar-refractivity contribution in [2.75, 3.05) is 7.05 Å². The molecule has 0 bridgehead atoms. The molecule has 0 N–H and O–H groups in total. The van der Waals surface area contributed by atoms with Gasteiger partial charge < -0.3 is 4.57 Å². The van der Waals surface area contributed by atoms with Crippen molar-refractivity contribution < 1.29 is 0 Å². The van der Waals surface area contributed by atoms with Crippen LogP contribution in [-0.4, -0.2) is 32.8 Å². The van der Waals surface area contributed by atoms with Gasteiger partial charge in [0.05, 0.1) is 6.54 Å². The Kier molecular flexibility index (Phi) is 4.56. The number of benzene rings is 1. The van der Waals surface area contributed by atoms with E-state index in [0.29, 0.717) is 6.04 Å². The van der Waals surface area contributed by atoms with Gasteiger partial charge in [-0.05, 0) is 38.1 Å². The Bertz CT molecular complexity index is 520. The average molecular weight is 279 g/mol. The summed E-state index contributed by atoms with van der Waals surface area (Å²) in [5, 5.41) is 8.79. The third-order valence-electron chi connectivity index (χ3n) is 3.39. The fraction of sp³-hybridized carbons (Fsp3) is 0.429. The number of rotatable bonds is 5. The maximum atomic E-state index is 5.89. The van der Waals surface area contributed by atoms with E-state index in [1.54, 1.807) is 6.33 Å². The quantitative estimate of drug-likeness (QED) is 0.843. The molecule has 0 aliphatic heterocycles. The second-order valence-corrected chi connectivity index (χ2v) is 5.39. The number of halogens is 1. The van der Waals surface area contributed by atoms with Gasteiger partial charge in [-0.25, -0.2) is 0 Å². The topological polar surface area (TPSA) is 34.0 Å². The van der Waals surface area contributed by atoms with E-state index in [1.165, 1.54) is 5.56 Å². The maximum Gasteiger partial charge on any atom is 0.146 e. The Morgan fingerprint density at radius 1 is 1.32 bits per heavy atom. The van der Waals surface area contributed by atoms with Crippen LogP contribution < -0.4 is 0 Å². The normalized spacial score (nSPS) is 12.9. The van der Waals surface area contributed by atoms with Crippen molar-refractivity contribution in [1.82, 2.24) is 19.7 Å². The Labute approximate surface area is 119 Å². The van der Waals surface area contributed by atoms with Crippen LogP contribution in [-0.2, 0) is 20.0 Å². The van der Waals surface area contributed by atoms with Crippen LogP contribution in [0.25, 0.3) is 0 Å². The summed E-state index contributed by atoms with van der Waals surface area (Å²) in [6.45, 7) is 3.01. The lowest BCUT2D eigenvalue weighted by molar-refractivity contribution is 0.239. The van der Waals surface area contributed by atoms with Crippen LogP contribution >= 0.6 is 11.6 Å². The zero-order valence-electron chi connectivity index (χ0n) is 11.5. The van der Waals surface area contributed by atoms with Crippen LogP contribution in [0, 0.1) is 0 Å². The first-order valence-electron chi connectivity index (χ1n) is 6.34. The Hall–Kier alpha value is -1.39. The van der Waals surface area contributed by atoms with E-state index in [1.807, 2.05) is 23.7 Å². The van der Waals surface area contributed by atoms with Crippen LogP contribution in [0.2, 0.25) is 5.02 Å². The average Bonchev–Trinajstić information content (AvgIpc) is 2.78. The molecule has 0 amide bonds. The number of hydrogen-bond acceptors (Lipinski definition) is 3. The van der Waals surface area contributed by atoms with Crippen molar-refractivity contribution in [2.24, 2.45) is 7.05 Å². The Morgan fingerprint density at radius 3 is 2.58 bits per heavy atom. The number of aromatic nitrogens is 3. The highest BCUT2D eigenvalue weighted by Gasteiger charge is 2.12. The molecule has 0 aliphatic rings. The van der Waals surface area contributed by atoms with Gasteiger partial charge in [-0.15, -0.1) is 10.2 Å². The zero-order valence-corrected chi connectivity index (χ0v) is 12.3. The molecule has 2 rings (SSSR count). The molecule has 0 fully saturated rings. The summed E-state index contributed by atoms with van der Waals surface area (Å²) >= 11 is 5.89. The van der Waals surface area contributed by atoms with Gasteiger partial charge in [0.25, 0.3) is 0 Å². The van der Waals surface area contributed by atoms with E-state index in [0.717, 1.165) is 23.8 Å². The van der Waals surface area contributed by atoms with Crippen LogP contribution in [0.5, 0.6) is 0 Å². The SMILES string of the molecule is C[C@H](Cc1ccc(Cl)cc1)N(C)Cc1nncn1C. The molecule has 1 aromatic heterocycles. The standard InChI is InChI=1S/C14H19ClN4/c1-11(8-12-4-6-13(15)7-5-12)18(2)9-14-17-16-10-19(14)3/h4-7,10-11H,8-9H2,1-3H3/t11-/m1/s1. The van der Waals surface area contributed by atoms with Gasteiger partial charge in [-0.1, -0.05) is 23.7 Å². The molecular formula is C14H19ClN4. The van der Waals surface area contributed by atoms with E-state index >= 15 is 0 Å². The second kappa shape index (κ2) is 6.17. The number of aryl methyl sites for hydroxylation is 1. The molecule has 0 saturated heterocycles. The summed E-state index contributed by atoms with van der Waals surface area (Å²) in [6.07, 6.45) is 2.72. The number of hydrogen-bond donors (Lipinski definition) is 0. The van der Waals surface area contributed by atoms with Gasteiger partial charge >= 0.3 is 0 Å². The highest BCUT2D eigenvalue weighted by molar-refractivity contribution is 6.30. The molecule has 5 heteroatoms. The lowest BCUT2D eigenvalue weighted by atomic mass is 10.1. The van der Waals surface area contributed by atoms with Gasteiger partial charge in [0.1, 0.15) is 12.2 Å². The Balaban J connectivity index is 1.94. The van der Waals surface area contributed by atoms with E-state index in [4.69, 9.17) is 11.6 Å². The summed E-state index contributed by atoms with van der Waals surface area (Å²) in [6, 6.07) is 8.46. The minimum absolute atomic E-state index is 0.429. The highest BCUT2D eigenvalue weighted by atomic mass is 35.5. The largest absolute Gasteiger partial charge is 0.320 e. The molecule has 2 aromatic rings. The minimum atomic E-state index is 0.429. The molecule has 1 heterocycles. The van der Waals surface area contributed by atoms with Crippen molar-refractivity contribution >= 4 is 11.6 Å². The van der Waals surface area contributed by atoms with Crippen LogP contribution in [0.3, 0.4) is 0 Å². The monoisotopic (exact) mass is 278 g/mol. The van der Waals surface area contributed by atoms with E-state index < -0.39 is 0 Å². The molecule has 0 aliphatic carbocycles. The van der Waals surface area contributed by atoms with Gasteiger partial charge in [0.15, 0.2) is 0 Å². The maximum absolute atomic E-state index is 5.89. The van der Waals surface area contributed by atoms with E-state index in [-0.39, 0.29) is 0 Å². The summed E-state index contributed by atoms with van der Waals surface area (Å²) in [5.74, 6) is 0.977. The summed E-state index contributed by atoms with van der Waals surface area (Å²) < 4.78 is 1.95. The van der Waals surface area contributed by atoms with Crippen molar-refractivity contribution in [1.29, 1.82) is 0 Å². The van der Waals surface area contributed by atoms with Crippen LogP contribution in [0.15, 0.2) is 30.6 Å². The molecule has 0 unspecified atom stereocenters. The minimum Gasteiger partial charge on any atom is -0.320 e. The molecule has 1 aromatic carbocycles. The fourth-order valence-corrected chi connectivity index (χ4v) is 2.07. The van der Waals surface area contributed by atoms with Gasteiger partial charge in [0.2, 0.25) is 0 Å². The predicted octanol–water partition coefficient (Wildman–Crippen LogP) is 2.53. The third kappa shape index (κ3) is 3.78. The molecule has 1 atom stereocenters. The highest BCUT2D eigenvalue weighted by Crippen LogP contribution is 2.13. The summed E-state index contributed by atoms with van der Waals surface area (Å²) in [7, 11) is 4.07.